The maximum atomic E-state index is 3.23. The van der Waals surface area contributed by atoms with Gasteiger partial charge in [0.05, 0.1) is 0 Å². The van der Waals surface area contributed by atoms with E-state index in [0.717, 1.165) is 8.37 Å². The Kier molecular flexibility index (Phi) is 1.85. The van der Waals surface area contributed by atoms with Crippen LogP contribution < -0.4 is 10.6 Å². The predicted octanol–water partition coefficient (Wildman–Crippen LogP) is 10.6. The van der Waals surface area contributed by atoms with Crippen molar-refractivity contribution in [3.8, 4) is 0 Å². The monoisotopic (exact) mass is 696 g/mol. The van der Waals surface area contributed by atoms with Crippen molar-refractivity contribution in [1.82, 2.24) is 0 Å². The van der Waals surface area contributed by atoms with Crippen molar-refractivity contribution in [2.24, 2.45) is 0 Å². The van der Waals surface area contributed by atoms with Crippen LogP contribution >= 0.6 is 38.4 Å². The van der Waals surface area contributed by atoms with Gasteiger partial charge in [0.15, 0.2) is 0 Å². The molecule has 2 aromatic carbocycles. The normalized spacial score (nSPS) is 64.7. The molecule has 0 saturated carbocycles. The Morgan fingerprint density at radius 3 is 1.42 bits per heavy atom. The summed E-state index contributed by atoms with van der Waals surface area (Å²) in [6, 6.07) is 19.2. The molecule has 0 aromatic heterocycles. The zero-order valence-corrected chi connectivity index (χ0v) is 29.4. The van der Waals surface area contributed by atoms with Crippen LogP contribution in [0, 0.1) is 13.8 Å². The van der Waals surface area contributed by atoms with E-state index in [-0.39, 0.29) is 7.92 Å². The van der Waals surface area contributed by atoms with Gasteiger partial charge in [-0.2, -0.15) is 0 Å². The van der Waals surface area contributed by atoms with Crippen LogP contribution in [0.4, 0.5) is 0 Å². The average molecular weight is 696 g/mol. The van der Waals surface area contributed by atoms with Crippen LogP contribution in [0.1, 0.15) is 59.6 Å². The first-order chi connectivity index (χ1) is 17.5. The van der Waals surface area contributed by atoms with Crippen molar-refractivity contribution in [1.29, 1.82) is 0 Å². The van der Waals surface area contributed by atoms with Crippen LogP contribution in [0.25, 0.3) is 0 Å². The van der Waals surface area contributed by atoms with E-state index in [4.69, 9.17) is 0 Å². The van der Waals surface area contributed by atoms with Gasteiger partial charge >= 0.3 is 238 Å². The van der Waals surface area contributed by atoms with E-state index in [1.54, 1.807) is 21.7 Å². The average Bonchev–Trinajstić information content (AvgIpc) is 3.74. The molecular weight excluding hydrogens is 653 g/mol. The van der Waals surface area contributed by atoms with Crippen molar-refractivity contribution in [3.05, 3.63) is 59.7 Å². The van der Waals surface area contributed by atoms with Gasteiger partial charge in [-0.3, -0.25) is 0 Å². The minimum absolute atomic E-state index is 0.0454. The van der Waals surface area contributed by atoms with Gasteiger partial charge in [-0.05, 0) is 0 Å². The number of alkyl halides is 1. The fraction of sp³-hybridized carbons (Fsp3) is 0.647. The van der Waals surface area contributed by atoms with E-state index in [1.165, 1.54) is 38.5 Å². The molecule has 10 aliphatic heterocycles. The van der Waals surface area contributed by atoms with Crippen LogP contribution in [0.5, 0.6) is 0 Å². The molecular formula is C34H43FeIP2. The first kappa shape index (κ1) is 22.1. The summed E-state index contributed by atoms with van der Waals surface area (Å²) < 4.78 is 2.02. The molecule has 4 heteroatoms. The maximum absolute atomic E-state index is 3.77. The van der Waals surface area contributed by atoms with Gasteiger partial charge < -0.3 is 0 Å². The van der Waals surface area contributed by atoms with Gasteiger partial charge in [-0.25, -0.2) is 0 Å². The topological polar surface area (TPSA) is 0 Å². The number of fused-ring (bicyclic) bond motifs is 10. The Morgan fingerprint density at radius 2 is 1.08 bits per heavy atom. The summed E-state index contributed by atoms with van der Waals surface area (Å²) in [5.41, 5.74) is 3.08. The van der Waals surface area contributed by atoms with Crippen LogP contribution in [-0.2, 0) is 6.51 Å². The predicted molar refractivity (Wildman–Crippen MR) is 173 cm³/mol. The molecule has 0 bridgehead atoms. The number of rotatable bonds is 5. The third-order valence-electron chi connectivity index (χ3n) is 20.2. The van der Waals surface area contributed by atoms with Crippen LogP contribution in [0.2, 0.25) is 42.8 Å². The standard InChI is InChI=1S/C29H38IP2.C5H5.Fe/c1-21-15-10-12-18-24(21)31(25-19-13-11-16-22(25)2)29(9,30)23-17-14-20-26(23)32(27(3,4)5)28(6,7)8;1-2-4-5-3-1;/h10-20H,1-9H3;1-5H;. The molecule has 0 N–H and O–H groups in total. The molecule has 10 fully saturated rings. The Morgan fingerprint density at radius 1 is 0.658 bits per heavy atom. The zero-order chi connectivity index (χ0) is 26.6. The molecule has 204 valence electrons. The summed E-state index contributed by atoms with van der Waals surface area (Å²) in [6.45, 7) is 20.1. The van der Waals surface area contributed by atoms with Crippen LogP contribution in [-0.4, -0.2) is 17.5 Å². The van der Waals surface area contributed by atoms with Gasteiger partial charge in [-0.15, -0.1) is 0 Å². The van der Waals surface area contributed by atoms with E-state index in [9.17, 15) is 0 Å². The Bertz CT molecular complexity index is 1890. The SMILES string of the molecule is Cc1ccccc1P(c1ccccc1C)C(C)(I)[C@]12[CH]3[CH]4[CH]5[C]1(P(C(C)(C)C)C(C)(C)C)[Fe]45321678[CH]2[CH]1[CH]6[CH]7[CH]28. The van der Waals surface area contributed by atoms with Gasteiger partial charge in [0.25, 0.3) is 0 Å². The number of hydrogen-bond acceptors (Lipinski definition) is 0. The van der Waals surface area contributed by atoms with Crippen molar-refractivity contribution in [2.75, 3.05) is 0 Å². The number of halogens is 1. The molecule has 0 aliphatic carbocycles. The third kappa shape index (κ3) is 0.547. The Labute approximate surface area is 236 Å². The zero-order valence-electron chi connectivity index (χ0n) is 24.4. The molecule has 6 atom stereocenters. The van der Waals surface area contributed by atoms with Gasteiger partial charge in [0, 0.05) is 0 Å². The van der Waals surface area contributed by atoms with Crippen molar-refractivity contribution in [3.63, 3.8) is 0 Å². The number of benzene rings is 2. The van der Waals surface area contributed by atoms with E-state index >= 15 is 0 Å². The summed E-state index contributed by atoms with van der Waals surface area (Å²) in [5.74, 6) is 0. The molecule has 10 heterocycles. The van der Waals surface area contributed by atoms with Crippen LogP contribution in [0.15, 0.2) is 48.5 Å². The van der Waals surface area contributed by atoms with Gasteiger partial charge in [0.1, 0.15) is 0 Å². The third-order valence-corrected chi connectivity index (χ3v) is 77.4. The fourth-order valence-corrected chi connectivity index (χ4v) is 130. The number of hydrogen-bond donors (Lipinski definition) is 0. The van der Waals surface area contributed by atoms with Crippen molar-refractivity contribution >= 4 is 49.0 Å². The molecule has 12 rings (SSSR count). The van der Waals surface area contributed by atoms with E-state index in [2.05, 4.69) is 133 Å². The summed E-state index contributed by atoms with van der Waals surface area (Å²) in [6.07, 6.45) is 0. The van der Waals surface area contributed by atoms with Gasteiger partial charge in [-0.1, -0.05) is 0 Å². The molecule has 1 spiro atoms. The van der Waals surface area contributed by atoms with E-state index in [1.807, 2.05) is 0 Å². The fourth-order valence-electron chi connectivity index (χ4n) is 22.7. The molecule has 2 aromatic rings. The molecule has 5 unspecified atom stereocenters. The summed E-state index contributed by atoms with van der Waals surface area (Å²) in [7, 11) is -0.484. The molecule has 10 aliphatic rings. The van der Waals surface area contributed by atoms with Crippen molar-refractivity contribution in [2.45, 2.75) is 123 Å². The molecule has 0 amide bonds. The van der Waals surface area contributed by atoms with Crippen LogP contribution in [0.3, 0.4) is 0 Å². The quantitative estimate of drug-likeness (QED) is 0.126. The van der Waals surface area contributed by atoms with Crippen molar-refractivity contribution < 1.29 is 6.51 Å². The Hall–Kier alpha value is 0.549. The molecule has 0 nitrogen and oxygen atoms in total. The van der Waals surface area contributed by atoms with E-state index < -0.39 is 14.4 Å². The number of aryl methyl sites for hydroxylation is 2. The van der Waals surface area contributed by atoms with E-state index in [0.29, 0.717) is 13.5 Å². The molecule has 38 heavy (non-hydrogen) atoms. The first-order valence-electron chi connectivity index (χ1n) is 15.1. The summed E-state index contributed by atoms with van der Waals surface area (Å²) in [4.78, 5) is 10.7. The van der Waals surface area contributed by atoms with Gasteiger partial charge in [0.2, 0.25) is 0 Å². The minimum atomic E-state index is -3.77. The first-order valence-corrected chi connectivity index (χ1v) is 25.0. The second kappa shape index (κ2) is 3.18. The molecule has 10 saturated heterocycles. The second-order valence-electron chi connectivity index (χ2n) is 19.2. The second-order valence-corrected chi connectivity index (χ2v) is 52.5. The Balaban J connectivity index is 1.21. The summed E-state index contributed by atoms with van der Waals surface area (Å²) in [5, 5.41) is 4.32. The molecule has 0 radical (unpaired) electrons. The summed E-state index contributed by atoms with van der Waals surface area (Å²) >= 11 is 3.23.